The standard InChI is InChI=1S/C17H25N3O3S/c1-23-14-5-3-4-13(10-14)12-20-8-6-19-17(22)15(20)11-16(21)18-7-9-24-2/h3-5,10,15H,6-9,11-12H2,1-2H3,(H,18,21)(H,19,22). The SMILES string of the molecule is COc1cccc(CN2CCNC(=O)C2CC(=O)NCCSC)c1. The maximum Gasteiger partial charge on any atom is 0.237 e. The van der Waals surface area contributed by atoms with Gasteiger partial charge in [0.2, 0.25) is 11.8 Å². The van der Waals surface area contributed by atoms with Gasteiger partial charge in [-0.15, -0.1) is 0 Å². The highest BCUT2D eigenvalue weighted by molar-refractivity contribution is 7.98. The summed E-state index contributed by atoms with van der Waals surface area (Å²) in [5.74, 6) is 1.50. The molecule has 0 radical (unpaired) electrons. The van der Waals surface area contributed by atoms with Gasteiger partial charge in [-0.1, -0.05) is 12.1 Å². The van der Waals surface area contributed by atoms with Crippen molar-refractivity contribution in [2.45, 2.75) is 19.0 Å². The summed E-state index contributed by atoms with van der Waals surface area (Å²) in [5, 5.41) is 5.72. The number of nitrogens with zero attached hydrogens (tertiary/aromatic N) is 1. The van der Waals surface area contributed by atoms with E-state index in [0.29, 0.717) is 19.6 Å². The van der Waals surface area contributed by atoms with Gasteiger partial charge in [0.05, 0.1) is 19.6 Å². The Morgan fingerprint density at radius 1 is 1.50 bits per heavy atom. The maximum absolute atomic E-state index is 12.2. The Kier molecular flexibility index (Phi) is 7.39. The molecule has 7 heteroatoms. The highest BCUT2D eigenvalue weighted by Crippen LogP contribution is 2.18. The van der Waals surface area contributed by atoms with E-state index in [-0.39, 0.29) is 18.2 Å². The van der Waals surface area contributed by atoms with Crippen LogP contribution < -0.4 is 15.4 Å². The number of rotatable bonds is 8. The molecule has 0 spiro atoms. The number of hydrogen-bond acceptors (Lipinski definition) is 5. The van der Waals surface area contributed by atoms with Crippen LogP contribution in [-0.4, -0.2) is 61.5 Å². The van der Waals surface area contributed by atoms with E-state index in [2.05, 4.69) is 15.5 Å². The number of piperazine rings is 1. The van der Waals surface area contributed by atoms with Crippen LogP contribution in [0.4, 0.5) is 0 Å². The molecule has 0 bridgehead atoms. The second kappa shape index (κ2) is 9.54. The van der Waals surface area contributed by atoms with Crippen LogP contribution >= 0.6 is 11.8 Å². The summed E-state index contributed by atoms with van der Waals surface area (Å²) in [6, 6.07) is 7.36. The van der Waals surface area contributed by atoms with Gasteiger partial charge in [0.25, 0.3) is 0 Å². The Morgan fingerprint density at radius 2 is 2.33 bits per heavy atom. The lowest BCUT2D eigenvalue weighted by Crippen LogP contribution is -2.56. The molecule has 2 rings (SSSR count). The summed E-state index contributed by atoms with van der Waals surface area (Å²) in [6.45, 7) is 2.58. The molecule has 1 fully saturated rings. The highest BCUT2D eigenvalue weighted by atomic mass is 32.2. The van der Waals surface area contributed by atoms with Crippen molar-refractivity contribution in [3.05, 3.63) is 29.8 Å². The maximum atomic E-state index is 12.2. The number of thioether (sulfide) groups is 1. The highest BCUT2D eigenvalue weighted by Gasteiger charge is 2.31. The first-order valence-electron chi connectivity index (χ1n) is 8.04. The monoisotopic (exact) mass is 351 g/mol. The van der Waals surface area contributed by atoms with Crippen molar-refractivity contribution in [2.75, 3.05) is 38.8 Å². The van der Waals surface area contributed by atoms with Crippen LogP contribution in [0, 0.1) is 0 Å². The number of ether oxygens (including phenoxy) is 1. The second-order valence-corrected chi connectivity index (χ2v) is 6.66. The molecule has 0 aliphatic carbocycles. The van der Waals surface area contributed by atoms with Crippen LogP contribution in [0.3, 0.4) is 0 Å². The fraction of sp³-hybridized carbons (Fsp3) is 0.529. The summed E-state index contributed by atoms with van der Waals surface area (Å²) < 4.78 is 5.25. The summed E-state index contributed by atoms with van der Waals surface area (Å²) in [7, 11) is 1.63. The van der Waals surface area contributed by atoms with Crippen LogP contribution in [0.25, 0.3) is 0 Å². The Labute approximate surface area is 147 Å². The number of amides is 2. The first-order valence-corrected chi connectivity index (χ1v) is 9.43. The third-order valence-electron chi connectivity index (χ3n) is 3.97. The first kappa shape index (κ1) is 18.6. The minimum absolute atomic E-state index is 0.0795. The van der Waals surface area contributed by atoms with Gasteiger partial charge in [-0.25, -0.2) is 0 Å². The van der Waals surface area contributed by atoms with Gasteiger partial charge in [0, 0.05) is 31.9 Å². The van der Waals surface area contributed by atoms with Gasteiger partial charge >= 0.3 is 0 Å². The van der Waals surface area contributed by atoms with Crippen molar-refractivity contribution in [1.29, 1.82) is 0 Å². The van der Waals surface area contributed by atoms with E-state index in [0.717, 1.165) is 23.6 Å². The quantitative estimate of drug-likeness (QED) is 0.680. The van der Waals surface area contributed by atoms with E-state index in [9.17, 15) is 9.59 Å². The predicted molar refractivity (Wildman–Crippen MR) is 96.2 cm³/mol. The van der Waals surface area contributed by atoms with Crippen molar-refractivity contribution in [1.82, 2.24) is 15.5 Å². The van der Waals surface area contributed by atoms with Gasteiger partial charge in [-0.05, 0) is 24.0 Å². The zero-order valence-electron chi connectivity index (χ0n) is 14.2. The Morgan fingerprint density at radius 3 is 3.08 bits per heavy atom. The van der Waals surface area contributed by atoms with Crippen LogP contribution in [0.2, 0.25) is 0 Å². The topological polar surface area (TPSA) is 70.7 Å². The largest absolute Gasteiger partial charge is 0.497 e. The molecule has 2 N–H and O–H groups in total. The van der Waals surface area contributed by atoms with E-state index < -0.39 is 6.04 Å². The van der Waals surface area contributed by atoms with Gasteiger partial charge in [0.15, 0.2) is 0 Å². The van der Waals surface area contributed by atoms with Crippen LogP contribution in [0.15, 0.2) is 24.3 Å². The van der Waals surface area contributed by atoms with Crippen molar-refractivity contribution < 1.29 is 14.3 Å². The summed E-state index contributed by atoms with van der Waals surface area (Å²) in [4.78, 5) is 26.4. The number of methoxy groups -OCH3 is 1. The van der Waals surface area contributed by atoms with Crippen LogP contribution in [0.5, 0.6) is 5.75 Å². The van der Waals surface area contributed by atoms with Gasteiger partial charge in [-0.3, -0.25) is 14.5 Å². The molecule has 2 amide bonds. The third-order valence-corrected chi connectivity index (χ3v) is 4.58. The minimum atomic E-state index is -0.431. The Hall–Kier alpha value is -1.73. The second-order valence-electron chi connectivity index (χ2n) is 5.68. The molecule has 1 aliphatic heterocycles. The lowest BCUT2D eigenvalue weighted by molar-refractivity contribution is -0.134. The number of hydrogen-bond donors (Lipinski definition) is 2. The predicted octanol–water partition coefficient (Wildman–Crippen LogP) is 0.865. The van der Waals surface area contributed by atoms with E-state index in [1.165, 1.54) is 0 Å². The molecule has 1 atom stereocenters. The molecule has 132 valence electrons. The molecular weight excluding hydrogens is 326 g/mol. The minimum Gasteiger partial charge on any atom is -0.497 e. The zero-order valence-corrected chi connectivity index (χ0v) is 15.0. The fourth-order valence-corrected chi connectivity index (χ4v) is 3.03. The van der Waals surface area contributed by atoms with Crippen LogP contribution in [-0.2, 0) is 16.1 Å². The van der Waals surface area contributed by atoms with Crippen molar-refractivity contribution in [2.24, 2.45) is 0 Å². The van der Waals surface area contributed by atoms with Crippen molar-refractivity contribution in [3.63, 3.8) is 0 Å². The third kappa shape index (κ3) is 5.42. The van der Waals surface area contributed by atoms with E-state index in [4.69, 9.17) is 4.74 Å². The van der Waals surface area contributed by atoms with Crippen LogP contribution in [0.1, 0.15) is 12.0 Å². The van der Waals surface area contributed by atoms with Gasteiger partial charge in [-0.2, -0.15) is 11.8 Å². The average molecular weight is 351 g/mol. The molecule has 1 unspecified atom stereocenters. The molecule has 0 aromatic heterocycles. The van der Waals surface area contributed by atoms with E-state index in [1.54, 1.807) is 18.9 Å². The Balaban J connectivity index is 1.99. The summed E-state index contributed by atoms with van der Waals surface area (Å²) in [6.07, 6.45) is 2.18. The summed E-state index contributed by atoms with van der Waals surface area (Å²) >= 11 is 1.68. The number of carbonyl (C=O) groups excluding carboxylic acids is 2. The van der Waals surface area contributed by atoms with E-state index in [1.807, 2.05) is 30.5 Å². The van der Waals surface area contributed by atoms with Gasteiger partial charge in [0.1, 0.15) is 5.75 Å². The lowest BCUT2D eigenvalue weighted by Gasteiger charge is -2.34. The first-order chi connectivity index (χ1) is 11.6. The molecule has 0 saturated carbocycles. The molecule has 1 heterocycles. The Bertz CT molecular complexity index is 568. The molecule has 1 aromatic rings. The normalized spacial score (nSPS) is 18.1. The molecule has 1 aliphatic rings. The molecule has 24 heavy (non-hydrogen) atoms. The lowest BCUT2D eigenvalue weighted by atomic mass is 10.1. The smallest absolute Gasteiger partial charge is 0.237 e. The van der Waals surface area contributed by atoms with Gasteiger partial charge < -0.3 is 15.4 Å². The molecule has 1 saturated heterocycles. The molecule has 6 nitrogen and oxygen atoms in total. The number of carbonyl (C=O) groups is 2. The number of nitrogens with one attached hydrogen (secondary N) is 2. The fourth-order valence-electron chi connectivity index (χ4n) is 2.72. The molecule has 1 aromatic carbocycles. The van der Waals surface area contributed by atoms with Crippen molar-refractivity contribution in [3.8, 4) is 5.75 Å². The zero-order chi connectivity index (χ0) is 17.4. The van der Waals surface area contributed by atoms with E-state index >= 15 is 0 Å². The van der Waals surface area contributed by atoms with Crippen molar-refractivity contribution >= 4 is 23.6 Å². The molecular formula is C17H25N3O3S. The summed E-state index contributed by atoms with van der Waals surface area (Å²) in [5.41, 5.74) is 1.07. The number of benzene rings is 1. The average Bonchev–Trinajstić information content (AvgIpc) is 2.58.